The van der Waals surface area contributed by atoms with E-state index in [9.17, 15) is 5.11 Å². The molecular formula is C31H37NO6. The molecule has 7 nitrogen and oxygen atoms in total. The second-order valence-corrected chi connectivity index (χ2v) is 10.3. The lowest BCUT2D eigenvalue weighted by molar-refractivity contribution is -0.180. The van der Waals surface area contributed by atoms with Crippen LogP contribution in [-0.2, 0) is 22.5 Å². The number of aliphatic hydroxyl groups excluding tert-OH is 1. The molecule has 2 N–H and O–H groups in total. The third-order valence-corrected chi connectivity index (χ3v) is 6.86. The zero-order chi connectivity index (χ0) is 26.5. The molecule has 3 aromatic rings. The second-order valence-electron chi connectivity index (χ2n) is 10.3. The van der Waals surface area contributed by atoms with Gasteiger partial charge in [0.15, 0.2) is 17.6 Å². The molecule has 7 heteroatoms. The smallest absolute Gasteiger partial charge is 0.205 e. The average molecular weight is 520 g/mol. The zero-order valence-electron chi connectivity index (χ0n) is 22.3. The van der Waals surface area contributed by atoms with Crippen LogP contribution in [0.5, 0.6) is 17.2 Å². The minimum Gasteiger partial charge on any atom is -0.486 e. The van der Waals surface area contributed by atoms with Gasteiger partial charge in [-0.25, -0.2) is 0 Å². The first-order valence-electron chi connectivity index (χ1n) is 13.3. The molecule has 2 heterocycles. The monoisotopic (exact) mass is 519 g/mol. The summed E-state index contributed by atoms with van der Waals surface area (Å²) in [5.41, 5.74) is 4.08. The lowest BCUT2D eigenvalue weighted by Crippen LogP contribution is -2.35. The quantitative estimate of drug-likeness (QED) is 0.360. The van der Waals surface area contributed by atoms with Crippen molar-refractivity contribution < 1.29 is 28.8 Å². The van der Waals surface area contributed by atoms with Crippen molar-refractivity contribution in [1.29, 1.82) is 0 Å². The molecule has 38 heavy (non-hydrogen) atoms. The number of fused-ring (bicyclic) bond motifs is 2. The van der Waals surface area contributed by atoms with Crippen LogP contribution in [0, 0.1) is 0 Å². The van der Waals surface area contributed by atoms with Crippen molar-refractivity contribution in [2.75, 3.05) is 26.3 Å². The third kappa shape index (κ3) is 6.66. The van der Waals surface area contributed by atoms with Crippen LogP contribution < -0.4 is 19.5 Å². The van der Waals surface area contributed by atoms with E-state index in [4.69, 9.17) is 23.7 Å². The van der Waals surface area contributed by atoms with Gasteiger partial charge < -0.3 is 34.1 Å². The van der Waals surface area contributed by atoms with E-state index in [0.29, 0.717) is 26.4 Å². The molecule has 0 aliphatic carbocycles. The van der Waals surface area contributed by atoms with Gasteiger partial charge in [-0.3, -0.25) is 0 Å². The van der Waals surface area contributed by atoms with Crippen molar-refractivity contribution in [2.24, 2.45) is 0 Å². The van der Waals surface area contributed by atoms with Crippen LogP contribution in [0.15, 0.2) is 66.7 Å². The largest absolute Gasteiger partial charge is 0.486 e. The Morgan fingerprint density at radius 1 is 1.00 bits per heavy atom. The number of ether oxygens (including phenoxy) is 5. The summed E-state index contributed by atoms with van der Waals surface area (Å²) in [5, 5.41) is 14.0. The van der Waals surface area contributed by atoms with Gasteiger partial charge in [-0.05, 0) is 60.8 Å². The van der Waals surface area contributed by atoms with Crippen LogP contribution >= 0.6 is 0 Å². The van der Waals surface area contributed by atoms with Crippen molar-refractivity contribution in [1.82, 2.24) is 5.32 Å². The van der Waals surface area contributed by atoms with Crippen molar-refractivity contribution >= 4 is 0 Å². The van der Waals surface area contributed by atoms with Gasteiger partial charge in [0.1, 0.15) is 12.4 Å². The fraction of sp³-hybridized carbons (Fsp3) is 0.419. The van der Waals surface area contributed by atoms with Gasteiger partial charge in [0, 0.05) is 26.0 Å². The molecule has 1 unspecified atom stereocenters. The number of rotatable bonds is 10. The Labute approximate surface area is 224 Å². The highest BCUT2D eigenvalue weighted by molar-refractivity contribution is 5.44. The van der Waals surface area contributed by atoms with E-state index in [1.165, 1.54) is 0 Å². The molecule has 202 valence electrons. The molecule has 3 aromatic carbocycles. The number of hydrogen-bond donors (Lipinski definition) is 2. The molecule has 5 rings (SSSR count). The van der Waals surface area contributed by atoms with Crippen molar-refractivity contribution in [3.63, 3.8) is 0 Å². The highest BCUT2D eigenvalue weighted by Crippen LogP contribution is 2.34. The zero-order valence-corrected chi connectivity index (χ0v) is 22.3. The predicted octanol–water partition coefficient (Wildman–Crippen LogP) is 5.12. The summed E-state index contributed by atoms with van der Waals surface area (Å²) < 4.78 is 29.7. The maximum absolute atomic E-state index is 10.7. The molecule has 2 aliphatic rings. The molecule has 2 aliphatic heterocycles. The van der Waals surface area contributed by atoms with E-state index in [2.05, 4.69) is 23.5 Å². The molecule has 0 bridgehead atoms. The molecule has 0 radical (unpaired) electrons. The average Bonchev–Trinajstić information content (AvgIpc) is 2.93. The molecule has 0 amide bonds. The van der Waals surface area contributed by atoms with Crippen LogP contribution in [0.4, 0.5) is 0 Å². The van der Waals surface area contributed by atoms with E-state index in [0.717, 1.165) is 52.5 Å². The highest BCUT2D eigenvalue weighted by atomic mass is 16.7. The summed E-state index contributed by atoms with van der Waals surface area (Å²) in [6, 6.07) is 22.0. The van der Waals surface area contributed by atoms with E-state index in [-0.39, 0.29) is 12.2 Å². The SMILES string of the molecule is CC(OC[C@@H]1COc2ccc(CCNC[C@H](O)c3ccc4c(c3)COC(C)(C)O4)cc2O1)c1ccccc1. The lowest BCUT2D eigenvalue weighted by atomic mass is 10.0. The normalized spacial score (nSPS) is 19.2. The van der Waals surface area contributed by atoms with Crippen LogP contribution in [0.25, 0.3) is 0 Å². The van der Waals surface area contributed by atoms with Gasteiger partial charge in [-0.1, -0.05) is 42.5 Å². The van der Waals surface area contributed by atoms with Gasteiger partial charge in [0.2, 0.25) is 5.79 Å². The summed E-state index contributed by atoms with van der Waals surface area (Å²) in [6.45, 7) is 8.40. The van der Waals surface area contributed by atoms with Gasteiger partial charge in [0.25, 0.3) is 0 Å². The molecule has 0 spiro atoms. The highest BCUT2D eigenvalue weighted by Gasteiger charge is 2.28. The number of nitrogens with one attached hydrogen (secondary N) is 1. The first-order valence-corrected chi connectivity index (χ1v) is 13.3. The van der Waals surface area contributed by atoms with E-state index < -0.39 is 11.9 Å². The molecular weight excluding hydrogens is 482 g/mol. The van der Waals surface area contributed by atoms with Crippen LogP contribution in [0.2, 0.25) is 0 Å². The molecule has 0 saturated heterocycles. The Morgan fingerprint density at radius 2 is 1.82 bits per heavy atom. The second kappa shape index (κ2) is 11.7. The fourth-order valence-electron chi connectivity index (χ4n) is 4.62. The fourth-order valence-corrected chi connectivity index (χ4v) is 4.62. The van der Waals surface area contributed by atoms with Gasteiger partial charge in [-0.15, -0.1) is 0 Å². The predicted molar refractivity (Wildman–Crippen MR) is 145 cm³/mol. The summed E-state index contributed by atoms with van der Waals surface area (Å²) in [4.78, 5) is 0. The van der Waals surface area contributed by atoms with Crippen molar-refractivity contribution in [2.45, 2.75) is 57.9 Å². The Kier molecular flexibility index (Phi) is 8.19. The topological polar surface area (TPSA) is 78.4 Å². The summed E-state index contributed by atoms with van der Waals surface area (Å²) >= 11 is 0. The first kappa shape index (κ1) is 26.5. The van der Waals surface area contributed by atoms with Gasteiger partial charge >= 0.3 is 0 Å². The van der Waals surface area contributed by atoms with Crippen LogP contribution in [0.3, 0.4) is 0 Å². The molecule has 0 saturated carbocycles. The molecule has 3 atom stereocenters. The Morgan fingerprint density at radius 3 is 2.66 bits per heavy atom. The number of aliphatic hydroxyl groups is 1. The van der Waals surface area contributed by atoms with Gasteiger partial charge in [0.05, 0.1) is 25.4 Å². The Hall–Kier alpha value is -3.10. The lowest BCUT2D eigenvalue weighted by Gasteiger charge is -2.33. The van der Waals surface area contributed by atoms with E-state index in [1.807, 2.05) is 69.3 Å². The summed E-state index contributed by atoms with van der Waals surface area (Å²) in [5.74, 6) is 1.69. The maximum Gasteiger partial charge on any atom is 0.205 e. The number of benzene rings is 3. The summed E-state index contributed by atoms with van der Waals surface area (Å²) in [6.07, 6.45) is 0.0190. The minimum atomic E-state index is -0.627. The number of hydrogen-bond acceptors (Lipinski definition) is 7. The van der Waals surface area contributed by atoms with Crippen LogP contribution in [-0.4, -0.2) is 43.3 Å². The Bertz CT molecular complexity index is 1210. The van der Waals surface area contributed by atoms with E-state index >= 15 is 0 Å². The van der Waals surface area contributed by atoms with E-state index in [1.54, 1.807) is 0 Å². The Balaban J connectivity index is 1.07. The summed E-state index contributed by atoms with van der Waals surface area (Å²) in [7, 11) is 0. The van der Waals surface area contributed by atoms with Gasteiger partial charge in [-0.2, -0.15) is 0 Å². The van der Waals surface area contributed by atoms with Crippen molar-refractivity contribution in [3.8, 4) is 17.2 Å². The van der Waals surface area contributed by atoms with Crippen LogP contribution in [0.1, 0.15) is 55.2 Å². The molecule has 0 fully saturated rings. The first-order chi connectivity index (χ1) is 18.4. The maximum atomic E-state index is 10.7. The molecule has 0 aromatic heterocycles. The third-order valence-electron chi connectivity index (χ3n) is 6.86. The minimum absolute atomic E-state index is 0.0101. The standard InChI is InChI=1S/C31H37NO6/c1-21(23-7-5-4-6-8-23)34-19-26-20-35-29-11-9-22(15-30(29)37-26)13-14-32-17-27(33)24-10-12-28-25(16-24)18-36-31(2,3)38-28/h4-12,15-16,21,26-27,32-33H,13-14,17-20H2,1-3H3/t21?,26-,27+/m1/s1. The van der Waals surface area contributed by atoms with Crippen molar-refractivity contribution in [3.05, 3.63) is 89.0 Å².